The van der Waals surface area contributed by atoms with Crippen LogP contribution in [0.5, 0.6) is 6.01 Å². The van der Waals surface area contributed by atoms with Crippen molar-refractivity contribution in [1.82, 2.24) is 15.0 Å². The molecule has 0 aliphatic heterocycles. The van der Waals surface area contributed by atoms with E-state index < -0.39 is 0 Å². The van der Waals surface area contributed by atoms with Gasteiger partial charge in [-0.2, -0.15) is 15.0 Å². The third-order valence-electron chi connectivity index (χ3n) is 2.76. The molecule has 1 atom stereocenters. The second-order valence-corrected chi connectivity index (χ2v) is 4.80. The number of nitrogens with one attached hydrogen (secondary N) is 1. The fourth-order valence-corrected chi connectivity index (χ4v) is 1.64. The van der Waals surface area contributed by atoms with Crippen molar-refractivity contribution >= 4 is 11.9 Å². The van der Waals surface area contributed by atoms with E-state index in [0.29, 0.717) is 17.9 Å². The molecule has 1 aromatic heterocycles. The van der Waals surface area contributed by atoms with Crippen molar-refractivity contribution < 1.29 is 4.74 Å². The van der Waals surface area contributed by atoms with Gasteiger partial charge in [-0.15, -0.1) is 0 Å². The highest BCUT2D eigenvalue weighted by atomic mass is 16.5. The van der Waals surface area contributed by atoms with Crippen LogP contribution in [0.4, 0.5) is 11.9 Å². The Morgan fingerprint density at radius 3 is 2.47 bits per heavy atom. The van der Waals surface area contributed by atoms with Crippen molar-refractivity contribution in [3.8, 4) is 6.01 Å². The lowest BCUT2D eigenvalue weighted by Crippen LogP contribution is -2.31. The summed E-state index contributed by atoms with van der Waals surface area (Å²) in [4.78, 5) is 14.6. The fraction of sp³-hybridized carbons (Fsp3) is 0.750. The molecule has 0 aliphatic carbocycles. The lowest BCUT2D eigenvalue weighted by molar-refractivity contribution is 0.222. The van der Waals surface area contributed by atoms with Crippen LogP contribution < -0.4 is 20.9 Å². The van der Waals surface area contributed by atoms with Crippen molar-refractivity contribution in [3.63, 3.8) is 0 Å². The Morgan fingerprint density at radius 2 is 1.95 bits per heavy atom. The average molecular weight is 268 g/mol. The highest BCUT2D eigenvalue weighted by Gasteiger charge is 2.15. The number of hydrogen-bond donors (Lipinski definition) is 2. The Balaban J connectivity index is 2.98. The van der Waals surface area contributed by atoms with Gasteiger partial charge in [-0.05, 0) is 27.2 Å². The first-order chi connectivity index (χ1) is 8.97. The number of aromatic nitrogens is 3. The van der Waals surface area contributed by atoms with Crippen LogP contribution in [0.1, 0.15) is 40.5 Å². The zero-order valence-electron chi connectivity index (χ0n) is 12.3. The molecule has 1 rings (SSSR count). The number of nitrogen functional groups attached to an aromatic ring is 1. The number of hydrogen-bond acceptors (Lipinski definition) is 7. The monoisotopic (exact) mass is 268 g/mol. The summed E-state index contributed by atoms with van der Waals surface area (Å²) in [6.07, 6.45) is 2.17. The molecular formula is C12H24N6O. The van der Waals surface area contributed by atoms with E-state index in [4.69, 9.17) is 10.6 Å². The van der Waals surface area contributed by atoms with Gasteiger partial charge in [0.1, 0.15) is 0 Å². The Labute approximate surface area is 114 Å². The molecule has 1 heterocycles. The molecule has 7 heteroatoms. The first kappa shape index (κ1) is 15.4. The van der Waals surface area contributed by atoms with Gasteiger partial charge in [-0.3, -0.25) is 5.43 Å². The highest BCUT2D eigenvalue weighted by molar-refractivity contribution is 5.37. The maximum atomic E-state index is 5.50. The van der Waals surface area contributed by atoms with Crippen molar-refractivity contribution in [3.05, 3.63) is 0 Å². The van der Waals surface area contributed by atoms with Gasteiger partial charge < -0.3 is 9.64 Å². The summed E-state index contributed by atoms with van der Waals surface area (Å²) in [7, 11) is 1.95. The van der Waals surface area contributed by atoms with Crippen molar-refractivity contribution in [1.29, 1.82) is 0 Å². The molecule has 0 aliphatic rings. The Morgan fingerprint density at radius 1 is 1.26 bits per heavy atom. The van der Waals surface area contributed by atoms with Crippen LogP contribution in [0.15, 0.2) is 0 Å². The van der Waals surface area contributed by atoms with Gasteiger partial charge in [0.15, 0.2) is 0 Å². The molecule has 0 bridgehead atoms. The predicted octanol–water partition coefficient (Wildman–Crippen LogP) is 1.57. The summed E-state index contributed by atoms with van der Waals surface area (Å²) >= 11 is 0. The van der Waals surface area contributed by atoms with Crippen LogP contribution in [0, 0.1) is 0 Å². The molecule has 19 heavy (non-hydrogen) atoms. The van der Waals surface area contributed by atoms with E-state index >= 15 is 0 Å². The van der Waals surface area contributed by atoms with Gasteiger partial charge in [0, 0.05) is 13.1 Å². The Hall–Kier alpha value is -1.63. The largest absolute Gasteiger partial charge is 0.461 e. The molecule has 0 saturated carbocycles. The summed E-state index contributed by atoms with van der Waals surface area (Å²) in [5.74, 6) is 6.23. The summed E-state index contributed by atoms with van der Waals surface area (Å²) in [6, 6.07) is 0.619. The number of hydrazine groups is 1. The van der Waals surface area contributed by atoms with E-state index in [0.717, 1.165) is 12.8 Å². The summed E-state index contributed by atoms with van der Waals surface area (Å²) in [5.41, 5.74) is 2.44. The second kappa shape index (κ2) is 7.08. The van der Waals surface area contributed by atoms with Crippen LogP contribution in [0.3, 0.4) is 0 Å². The number of ether oxygens (including phenoxy) is 1. The van der Waals surface area contributed by atoms with Gasteiger partial charge >= 0.3 is 6.01 Å². The zero-order chi connectivity index (χ0) is 14.4. The standard InChI is InChI=1S/C12H24N6O/c1-6-7-9(4)18(5)11-14-10(17-13)15-12(16-11)19-8(2)3/h8-9H,6-7,13H2,1-5H3,(H,14,15,16,17). The predicted molar refractivity (Wildman–Crippen MR) is 76.2 cm³/mol. The minimum absolute atomic E-state index is 0.000698. The van der Waals surface area contributed by atoms with Crippen molar-refractivity contribution in [2.45, 2.75) is 52.7 Å². The Bertz CT molecular complexity index is 398. The van der Waals surface area contributed by atoms with Crippen LogP contribution >= 0.6 is 0 Å². The molecular weight excluding hydrogens is 244 g/mol. The van der Waals surface area contributed by atoms with Crippen LogP contribution in [0.2, 0.25) is 0 Å². The van der Waals surface area contributed by atoms with Gasteiger partial charge in [0.2, 0.25) is 11.9 Å². The second-order valence-electron chi connectivity index (χ2n) is 4.80. The number of anilines is 2. The van der Waals surface area contributed by atoms with Crippen LogP contribution in [0.25, 0.3) is 0 Å². The van der Waals surface area contributed by atoms with Gasteiger partial charge in [0.25, 0.3) is 0 Å². The number of nitrogens with zero attached hydrogens (tertiary/aromatic N) is 4. The molecule has 0 saturated heterocycles. The Kier molecular flexibility index (Phi) is 5.75. The van der Waals surface area contributed by atoms with Gasteiger partial charge in [-0.1, -0.05) is 13.3 Å². The number of nitrogens with two attached hydrogens (primary N) is 1. The number of rotatable bonds is 7. The molecule has 0 fully saturated rings. The summed E-state index contributed by atoms with van der Waals surface area (Å²) in [5, 5.41) is 0. The van der Waals surface area contributed by atoms with Crippen LogP contribution in [-0.2, 0) is 0 Å². The first-order valence-corrected chi connectivity index (χ1v) is 6.60. The third-order valence-corrected chi connectivity index (χ3v) is 2.76. The maximum absolute atomic E-state index is 5.50. The topological polar surface area (TPSA) is 89.2 Å². The van der Waals surface area contributed by atoms with Gasteiger partial charge in [0.05, 0.1) is 6.10 Å². The lowest BCUT2D eigenvalue weighted by Gasteiger charge is -2.25. The minimum Gasteiger partial charge on any atom is -0.461 e. The summed E-state index contributed by atoms with van der Waals surface area (Å²) in [6.45, 7) is 8.12. The smallest absolute Gasteiger partial charge is 0.323 e. The SMILES string of the molecule is CCCC(C)N(C)c1nc(NN)nc(OC(C)C)n1. The van der Waals surface area contributed by atoms with E-state index in [1.165, 1.54) is 0 Å². The van der Waals surface area contributed by atoms with E-state index in [2.05, 4.69) is 34.2 Å². The molecule has 0 spiro atoms. The quantitative estimate of drug-likeness (QED) is 0.573. The lowest BCUT2D eigenvalue weighted by atomic mass is 10.2. The zero-order valence-corrected chi connectivity index (χ0v) is 12.3. The van der Waals surface area contributed by atoms with Crippen LogP contribution in [-0.4, -0.2) is 34.1 Å². The van der Waals surface area contributed by atoms with E-state index in [1.54, 1.807) is 0 Å². The normalized spacial score (nSPS) is 12.4. The van der Waals surface area contributed by atoms with Crippen molar-refractivity contribution in [2.24, 2.45) is 5.84 Å². The molecule has 1 aromatic rings. The summed E-state index contributed by atoms with van der Waals surface area (Å²) < 4.78 is 5.50. The molecule has 0 radical (unpaired) electrons. The molecule has 7 nitrogen and oxygen atoms in total. The van der Waals surface area contributed by atoms with Gasteiger partial charge in [-0.25, -0.2) is 5.84 Å². The molecule has 0 amide bonds. The third kappa shape index (κ3) is 4.51. The molecule has 0 aromatic carbocycles. The fourth-order valence-electron chi connectivity index (χ4n) is 1.64. The molecule has 3 N–H and O–H groups in total. The first-order valence-electron chi connectivity index (χ1n) is 6.60. The molecule has 1 unspecified atom stereocenters. The van der Waals surface area contributed by atoms with Crippen molar-refractivity contribution in [2.75, 3.05) is 17.4 Å². The minimum atomic E-state index is -0.000698. The van der Waals surface area contributed by atoms with E-state index in [1.807, 2.05) is 25.8 Å². The highest BCUT2D eigenvalue weighted by Crippen LogP contribution is 2.17. The molecule has 108 valence electrons. The van der Waals surface area contributed by atoms with E-state index in [-0.39, 0.29) is 12.1 Å². The average Bonchev–Trinajstić information content (AvgIpc) is 2.36. The van der Waals surface area contributed by atoms with E-state index in [9.17, 15) is 0 Å². The maximum Gasteiger partial charge on any atom is 0.323 e.